The lowest BCUT2D eigenvalue weighted by Gasteiger charge is -2.40. The molecule has 1 aromatic heterocycles. The number of aromatic nitrogens is 1. The monoisotopic (exact) mass is 614 g/mol. The molecule has 0 radical (unpaired) electrons. The van der Waals surface area contributed by atoms with E-state index in [1.165, 1.54) is 4.90 Å². The summed E-state index contributed by atoms with van der Waals surface area (Å²) < 4.78 is 72.8. The van der Waals surface area contributed by atoms with Gasteiger partial charge < -0.3 is 19.1 Å². The van der Waals surface area contributed by atoms with Gasteiger partial charge in [0, 0.05) is 43.3 Å². The largest absolute Gasteiger partial charge is 0.465 e. The molecule has 230 valence electrons. The Morgan fingerprint density at radius 2 is 1.69 bits per heavy atom. The van der Waals surface area contributed by atoms with Crippen LogP contribution in [0, 0.1) is 17.7 Å². The van der Waals surface area contributed by atoms with Crippen LogP contribution in [-0.4, -0.2) is 43.2 Å². The van der Waals surface area contributed by atoms with Gasteiger partial charge in [-0.3, -0.25) is 4.79 Å². The highest BCUT2D eigenvalue weighted by Gasteiger charge is 2.39. The molecule has 7 nitrogen and oxygen atoms in total. The maximum absolute atomic E-state index is 15.7. The first-order valence-corrected chi connectivity index (χ1v) is 14.6. The number of rotatable bonds is 8. The van der Waals surface area contributed by atoms with Crippen molar-refractivity contribution < 1.29 is 41.4 Å². The van der Waals surface area contributed by atoms with E-state index >= 15 is 4.39 Å². The van der Waals surface area contributed by atoms with Gasteiger partial charge in [0.15, 0.2) is 11.6 Å². The highest BCUT2D eigenvalue weighted by atomic mass is 35.5. The first-order chi connectivity index (χ1) is 20.0. The lowest BCUT2D eigenvalue weighted by atomic mass is 9.81. The van der Waals surface area contributed by atoms with Crippen LogP contribution >= 0.6 is 11.6 Å². The summed E-state index contributed by atoms with van der Waals surface area (Å²) in [5.74, 6) is -3.76. The highest BCUT2D eigenvalue weighted by molar-refractivity contribution is 6.17. The average Bonchev–Trinajstić information content (AvgIpc) is 2.98. The first-order valence-electron chi connectivity index (χ1n) is 14.0. The molecule has 12 heteroatoms. The lowest BCUT2D eigenvalue weighted by Crippen LogP contribution is -2.47. The SMILES string of the molecule is COC(=O)c1cc(Oc2ncc(CCl)cc2C(F)(F)F)c(F)cc1N(C(=O)[C@H]1CC[C@H](C)CC1)C1CCC(OC)CC1. The van der Waals surface area contributed by atoms with Gasteiger partial charge in [-0.1, -0.05) is 6.92 Å². The molecule has 0 spiro atoms. The van der Waals surface area contributed by atoms with Gasteiger partial charge in [0.05, 0.1) is 24.5 Å². The van der Waals surface area contributed by atoms with Crippen LogP contribution in [0.15, 0.2) is 24.4 Å². The Balaban J connectivity index is 1.78. The van der Waals surface area contributed by atoms with Crippen molar-refractivity contribution in [1.29, 1.82) is 0 Å². The van der Waals surface area contributed by atoms with Crippen LogP contribution in [-0.2, 0) is 26.3 Å². The Hall–Kier alpha value is -2.92. The highest BCUT2D eigenvalue weighted by Crippen LogP contribution is 2.41. The third kappa shape index (κ3) is 7.16. The fourth-order valence-electron chi connectivity index (χ4n) is 5.79. The molecule has 1 aromatic carbocycles. The summed E-state index contributed by atoms with van der Waals surface area (Å²) in [5, 5.41) is 0. The Labute approximate surface area is 247 Å². The average molecular weight is 615 g/mol. The molecule has 1 heterocycles. The Morgan fingerprint density at radius 3 is 2.26 bits per heavy atom. The number of methoxy groups -OCH3 is 2. The molecule has 0 aliphatic heterocycles. The summed E-state index contributed by atoms with van der Waals surface area (Å²) in [6.45, 7) is 2.14. The molecule has 0 unspecified atom stereocenters. The smallest absolute Gasteiger partial charge is 0.421 e. The molecular formula is C30H35ClF4N2O5. The van der Waals surface area contributed by atoms with E-state index < -0.39 is 35.2 Å². The van der Waals surface area contributed by atoms with Crippen LogP contribution in [0.1, 0.15) is 79.8 Å². The van der Waals surface area contributed by atoms with Crippen LogP contribution < -0.4 is 9.64 Å². The summed E-state index contributed by atoms with van der Waals surface area (Å²) in [6, 6.07) is 2.37. The van der Waals surface area contributed by atoms with E-state index in [4.69, 9.17) is 25.8 Å². The summed E-state index contributed by atoms with van der Waals surface area (Å²) in [4.78, 5) is 32.3. The van der Waals surface area contributed by atoms with E-state index in [0.717, 1.165) is 44.3 Å². The van der Waals surface area contributed by atoms with Gasteiger partial charge in [-0.2, -0.15) is 13.2 Å². The Bertz CT molecular complexity index is 1280. The zero-order chi connectivity index (χ0) is 30.6. The fraction of sp³-hybridized carbons (Fsp3) is 0.567. The molecule has 2 aromatic rings. The molecule has 2 fully saturated rings. The van der Waals surface area contributed by atoms with Gasteiger partial charge in [-0.15, -0.1) is 11.6 Å². The number of nitrogens with zero attached hydrogens (tertiary/aromatic N) is 2. The number of pyridine rings is 1. The molecule has 2 aliphatic rings. The van der Waals surface area contributed by atoms with Crippen molar-refractivity contribution in [2.45, 2.75) is 82.5 Å². The number of hydrogen-bond acceptors (Lipinski definition) is 6. The normalized spacial score (nSPS) is 22.9. The molecular weight excluding hydrogens is 580 g/mol. The van der Waals surface area contributed by atoms with Gasteiger partial charge in [0.25, 0.3) is 0 Å². The van der Waals surface area contributed by atoms with E-state index in [1.54, 1.807) is 7.11 Å². The van der Waals surface area contributed by atoms with E-state index in [2.05, 4.69) is 11.9 Å². The minimum Gasteiger partial charge on any atom is -0.465 e. The van der Waals surface area contributed by atoms with Crippen molar-refractivity contribution in [3.05, 3.63) is 46.9 Å². The number of amides is 1. The lowest BCUT2D eigenvalue weighted by molar-refractivity contribution is -0.139. The number of halogens is 5. The van der Waals surface area contributed by atoms with Crippen LogP contribution in [0.4, 0.5) is 23.2 Å². The van der Waals surface area contributed by atoms with E-state index in [1.807, 2.05) is 0 Å². The van der Waals surface area contributed by atoms with Crippen LogP contribution in [0.2, 0.25) is 0 Å². The molecule has 2 saturated carbocycles. The molecule has 1 amide bonds. The van der Waals surface area contributed by atoms with Crippen molar-refractivity contribution >= 4 is 29.2 Å². The van der Waals surface area contributed by atoms with E-state index in [0.29, 0.717) is 44.4 Å². The number of ether oxygens (including phenoxy) is 3. The summed E-state index contributed by atoms with van der Waals surface area (Å²) >= 11 is 5.68. The maximum Gasteiger partial charge on any atom is 0.421 e. The quantitative estimate of drug-likeness (QED) is 0.172. The van der Waals surface area contributed by atoms with Crippen molar-refractivity contribution in [3.63, 3.8) is 0 Å². The predicted molar refractivity (Wildman–Crippen MR) is 148 cm³/mol. The summed E-state index contributed by atoms with van der Waals surface area (Å²) in [6.07, 6.45) is 1.84. The van der Waals surface area contributed by atoms with Crippen LogP contribution in [0.25, 0.3) is 0 Å². The number of carbonyl (C=O) groups is 2. The van der Waals surface area contributed by atoms with Crippen molar-refractivity contribution in [1.82, 2.24) is 4.98 Å². The van der Waals surface area contributed by atoms with Crippen molar-refractivity contribution in [2.24, 2.45) is 11.8 Å². The van der Waals surface area contributed by atoms with Crippen molar-refractivity contribution in [2.75, 3.05) is 19.1 Å². The standard InChI is InChI=1S/C30H35ClF4N2O5/c1-17-4-6-19(7-5-17)28(38)37(20-8-10-21(40-2)11-9-20)25-14-24(32)26(13-22(25)29(39)41-3)42-27-23(30(33,34)35)12-18(15-31)16-36-27/h12-14,16-17,19-21H,4-11,15H2,1-3H3/t17-,19-,20?,21?. The molecule has 0 bridgehead atoms. The third-order valence-corrected chi connectivity index (χ3v) is 8.54. The molecule has 42 heavy (non-hydrogen) atoms. The van der Waals surface area contributed by atoms with Crippen LogP contribution in [0.3, 0.4) is 0 Å². The van der Waals surface area contributed by atoms with Gasteiger partial charge in [0.1, 0.15) is 5.56 Å². The summed E-state index contributed by atoms with van der Waals surface area (Å²) in [7, 11) is 2.76. The first kappa shape index (κ1) is 32.0. The molecule has 0 N–H and O–H groups in total. The number of benzene rings is 1. The van der Waals surface area contributed by atoms with Crippen LogP contribution in [0.5, 0.6) is 11.6 Å². The zero-order valence-electron chi connectivity index (χ0n) is 23.8. The molecule has 0 saturated heterocycles. The van der Waals surface area contributed by atoms with E-state index in [-0.39, 0.29) is 46.7 Å². The fourth-order valence-corrected chi connectivity index (χ4v) is 5.94. The van der Waals surface area contributed by atoms with Gasteiger partial charge in [-0.05, 0) is 68.9 Å². The number of carbonyl (C=O) groups excluding carboxylic acids is 2. The second-order valence-corrected chi connectivity index (χ2v) is 11.3. The van der Waals surface area contributed by atoms with Gasteiger partial charge in [0.2, 0.25) is 11.8 Å². The molecule has 0 atom stereocenters. The van der Waals surface area contributed by atoms with Gasteiger partial charge in [-0.25, -0.2) is 14.2 Å². The second-order valence-electron chi connectivity index (χ2n) is 11.1. The van der Waals surface area contributed by atoms with E-state index in [9.17, 15) is 22.8 Å². The topological polar surface area (TPSA) is 78.0 Å². The summed E-state index contributed by atoms with van der Waals surface area (Å²) in [5.41, 5.74) is -1.36. The number of alkyl halides is 4. The molecule has 4 rings (SSSR count). The minimum atomic E-state index is -4.87. The molecule has 2 aliphatic carbocycles. The zero-order valence-corrected chi connectivity index (χ0v) is 24.6. The number of hydrogen-bond donors (Lipinski definition) is 0. The minimum absolute atomic E-state index is 0.00215. The maximum atomic E-state index is 15.7. The Kier molecular flexibility index (Phi) is 10.4. The number of anilines is 1. The third-order valence-electron chi connectivity index (χ3n) is 8.23. The second kappa shape index (κ2) is 13.6. The number of esters is 1. The van der Waals surface area contributed by atoms with Gasteiger partial charge >= 0.3 is 12.1 Å². The Morgan fingerprint density at radius 1 is 1.02 bits per heavy atom. The predicted octanol–water partition coefficient (Wildman–Crippen LogP) is 7.67. The van der Waals surface area contributed by atoms with Crippen molar-refractivity contribution in [3.8, 4) is 11.6 Å².